The highest BCUT2D eigenvalue weighted by molar-refractivity contribution is 7.92. The second-order valence-electron chi connectivity index (χ2n) is 9.20. The molecule has 0 atom stereocenters. The molecule has 4 rings (SSSR count). The molecule has 1 fully saturated rings. The topological polar surface area (TPSA) is 115 Å². The predicted molar refractivity (Wildman–Crippen MR) is 137 cm³/mol. The monoisotopic (exact) mass is 599 g/mol. The van der Waals surface area contributed by atoms with Gasteiger partial charge in [-0.25, -0.2) is 23.4 Å². The molecular formula is C25H23F6N7O2S. The molecule has 0 saturated carbocycles. The van der Waals surface area contributed by atoms with Crippen LogP contribution in [0.25, 0.3) is 0 Å². The van der Waals surface area contributed by atoms with Gasteiger partial charge in [0.2, 0.25) is 5.95 Å². The van der Waals surface area contributed by atoms with Gasteiger partial charge in [0.05, 0.1) is 27.4 Å². The molecule has 9 nitrogen and oxygen atoms in total. The summed E-state index contributed by atoms with van der Waals surface area (Å²) in [7, 11) is -4.32. The van der Waals surface area contributed by atoms with Crippen LogP contribution in [0.5, 0.6) is 0 Å². The summed E-state index contributed by atoms with van der Waals surface area (Å²) in [5.74, 6) is 0.197. The summed E-state index contributed by atoms with van der Waals surface area (Å²) in [6.07, 6.45) is -7.73. The zero-order valence-electron chi connectivity index (χ0n) is 21.7. The van der Waals surface area contributed by atoms with Crippen LogP contribution < -0.4 is 14.5 Å². The smallest absolute Gasteiger partial charge is 0.354 e. The van der Waals surface area contributed by atoms with Gasteiger partial charge in [-0.1, -0.05) is 0 Å². The minimum Gasteiger partial charge on any atom is -0.354 e. The summed E-state index contributed by atoms with van der Waals surface area (Å²) in [6, 6.07) is 5.80. The summed E-state index contributed by atoms with van der Waals surface area (Å²) < 4.78 is 106. The average Bonchev–Trinajstić information content (AvgIpc) is 3.16. The molecule has 0 unspecified atom stereocenters. The molecular weight excluding hydrogens is 576 g/mol. The van der Waals surface area contributed by atoms with Gasteiger partial charge in [0.25, 0.3) is 10.0 Å². The number of anilines is 3. The maximum atomic E-state index is 13.1. The molecule has 16 heteroatoms. The van der Waals surface area contributed by atoms with E-state index in [1.807, 2.05) is 6.07 Å². The number of rotatable bonds is 5. The van der Waals surface area contributed by atoms with Crippen LogP contribution in [0.3, 0.4) is 0 Å². The van der Waals surface area contributed by atoms with Gasteiger partial charge in [0.15, 0.2) is 0 Å². The molecule has 0 radical (unpaired) electrons. The molecule has 1 saturated heterocycles. The highest BCUT2D eigenvalue weighted by Crippen LogP contribution is 2.33. The molecule has 1 N–H and O–H groups in total. The van der Waals surface area contributed by atoms with Crippen LogP contribution in [0.4, 0.5) is 43.8 Å². The molecule has 0 bridgehead atoms. The van der Waals surface area contributed by atoms with Crippen LogP contribution in [-0.2, 0) is 22.4 Å². The normalized spacial score (nSPS) is 14.9. The van der Waals surface area contributed by atoms with Crippen molar-refractivity contribution in [1.82, 2.24) is 15.0 Å². The third-order valence-electron chi connectivity index (χ3n) is 6.46. The molecule has 1 aliphatic heterocycles. The van der Waals surface area contributed by atoms with Crippen LogP contribution in [-0.4, -0.2) is 49.5 Å². The van der Waals surface area contributed by atoms with E-state index < -0.39 is 38.5 Å². The van der Waals surface area contributed by atoms with Crippen LogP contribution in [0.15, 0.2) is 41.4 Å². The molecule has 41 heavy (non-hydrogen) atoms. The third-order valence-corrected chi connectivity index (χ3v) is 7.83. The first-order chi connectivity index (χ1) is 19.1. The number of nitrogens with one attached hydrogen (secondary N) is 1. The summed E-state index contributed by atoms with van der Waals surface area (Å²) in [5.41, 5.74) is -1.50. The maximum absolute atomic E-state index is 13.1. The van der Waals surface area contributed by atoms with Crippen molar-refractivity contribution >= 4 is 27.5 Å². The van der Waals surface area contributed by atoms with Gasteiger partial charge in [-0.3, -0.25) is 4.72 Å². The average molecular weight is 600 g/mol. The number of aryl methyl sites for hydroxylation is 1. The number of nitrogens with zero attached hydrogens (tertiary/aromatic N) is 6. The Hall–Kier alpha value is -4.13. The standard InChI is InChI=1S/C25H23F6N7O2S/c1-15-19(14-32)22(37-10-3-11-38(13-12-37)23-33-9-8-20(35-23)25(29,30)31)34-16(2)21(15)36-41(39,40)18-6-4-17(5-7-18)24(26,27)28/h4-9,36H,3,10-13H2,1-2H3. The lowest BCUT2D eigenvalue weighted by molar-refractivity contribution is -0.141. The fourth-order valence-corrected chi connectivity index (χ4v) is 5.53. The van der Waals surface area contributed by atoms with Crippen molar-refractivity contribution in [3.8, 4) is 6.07 Å². The van der Waals surface area contributed by atoms with Gasteiger partial charge in [-0.15, -0.1) is 0 Å². The molecule has 0 aliphatic carbocycles. The number of alkyl halides is 6. The van der Waals surface area contributed by atoms with E-state index in [-0.39, 0.29) is 47.4 Å². The minimum absolute atomic E-state index is 0.0130. The Kier molecular flexibility index (Phi) is 8.03. The van der Waals surface area contributed by atoms with E-state index in [1.54, 1.807) is 9.80 Å². The maximum Gasteiger partial charge on any atom is 0.433 e. The Bertz CT molecular complexity index is 1590. The number of aromatic nitrogens is 3. The summed E-state index contributed by atoms with van der Waals surface area (Å²) in [4.78, 5) is 15.1. The largest absolute Gasteiger partial charge is 0.433 e. The Morgan fingerprint density at radius 2 is 1.54 bits per heavy atom. The summed E-state index contributed by atoms with van der Waals surface area (Å²) in [6.45, 7) is 4.27. The molecule has 1 aromatic carbocycles. The Balaban J connectivity index is 1.58. The predicted octanol–water partition coefficient (Wildman–Crippen LogP) is 4.92. The van der Waals surface area contributed by atoms with Crippen molar-refractivity contribution < 1.29 is 34.8 Å². The van der Waals surface area contributed by atoms with Crippen molar-refractivity contribution in [2.75, 3.05) is 40.7 Å². The van der Waals surface area contributed by atoms with E-state index in [4.69, 9.17) is 0 Å². The van der Waals surface area contributed by atoms with Crippen LogP contribution in [0, 0.1) is 25.2 Å². The third kappa shape index (κ3) is 6.45. The zero-order valence-corrected chi connectivity index (χ0v) is 22.5. The van der Waals surface area contributed by atoms with E-state index in [2.05, 4.69) is 19.7 Å². The van der Waals surface area contributed by atoms with Crippen molar-refractivity contribution in [3.63, 3.8) is 0 Å². The molecule has 0 amide bonds. The molecule has 3 heterocycles. The first kappa shape index (κ1) is 29.8. The van der Waals surface area contributed by atoms with Crippen molar-refractivity contribution in [1.29, 1.82) is 5.26 Å². The van der Waals surface area contributed by atoms with E-state index in [0.29, 0.717) is 31.6 Å². The SMILES string of the molecule is Cc1nc(N2CCCN(c3nccc(C(F)(F)F)n3)CC2)c(C#N)c(C)c1NS(=O)(=O)c1ccc(C(F)(F)F)cc1. The van der Waals surface area contributed by atoms with Crippen LogP contribution in [0.2, 0.25) is 0 Å². The number of halogens is 6. The summed E-state index contributed by atoms with van der Waals surface area (Å²) >= 11 is 0. The van der Waals surface area contributed by atoms with Crippen molar-refractivity contribution in [3.05, 3.63) is 64.6 Å². The fraction of sp³-hybridized carbons (Fsp3) is 0.360. The molecule has 1 aliphatic rings. The summed E-state index contributed by atoms with van der Waals surface area (Å²) in [5, 5.41) is 9.94. The minimum atomic E-state index is -4.63. The second-order valence-corrected chi connectivity index (χ2v) is 10.9. The molecule has 3 aromatic rings. The zero-order chi connectivity index (χ0) is 30.2. The quantitative estimate of drug-likeness (QED) is 0.412. The Morgan fingerprint density at radius 1 is 0.902 bits per heavy atom. The first-order valence-corrected chi connectivity index (χ1v) is 13.6. The van der Waals surface area contributed by atoms with Gasteiger partial charge in [0, 0.05) is 32.4 Å². The number of benzene rings is 1. The van der Waals surface area contributed by atoms with Gasteiger partial charge in [-0.05, 0) is 56.2 Å². The van der Waals surface area contributed by atoms with Gasteiger partial charge < -0.3 is 9.80 Å². The lowest BCUT2D eigenvalue weighted by Gasteiger charge is -2.26. The lowest BCUT2D eigenvalue weighted by Crippen LogP contribution is -2.33. The van der Waals surface area contributed by atoms with Gasteiger partial charge >= 0.3 is 12.4 Å². The lowest BCUT2D eigenvalue weighted by atomic mass is 10.1. The van der Waals surface area contributed by atoms with E-state index in [0.717, 1.165) is 24.4 Å². The first-order valence-electron chi connectivity index (χ1n) is 12.1. The molecule has 218 valence electrons. The van der Waals surface area contributed by atoms with Crippen LogP contribution in [0.1, 0.15) is 34.5 Å². The highest BCUT2D eigenvalue weighted by atomic mass is 32.2. The number of hydrogen-bond acceptors (Lipinski definition) is 8. The number of hydrogen-bond donors (Lipinski definition) is 1. The molecule has 0 spiro atoms. The van der Waals surface area contributed by atoms with Crippen molar-refractivity contribution in [2.45, 2.75) is 37.5 Å². The Morgan fingerprint density at radius 3 is 2.15 bits per heavy atom. The van der Waals surface area contributed by atoms with E-state index in [9.17, 15) is 40.0 Å². The van der Waals surface area contributed by atoms with E-state index in [1.165, 1.54) is 13.8 Å². The van der Waals surface area contributed by atoms with Gasteiger partial charge in [-0.2, -0.15) is 31.6 Å². The number of nitriles is 1. The molecule has 2 aromatic heterocycles. The van der Waals surface area contributed by atoms with E-state index >= 15 is 0 Å². The number of pyridine rings is 1. The second kappa shape index (κ2) is 11.0. The van der Waals surface area contributed by atoms with Gasteiger partial charge in [0.1, 0.15) is 17.6 Å². The highest BCUT2D eigenvalue weighted by Gasteiger charge is 2.34. The fourth-order valence-electron chi connectivity index (χ4n) is 4.35. The Labute approximate surface area is 231 Å². The number of sulfonamides is 1. The van der Waals surface area contributed by atoms with Crippen molar-refractivity contribution in [2.24, 2.45) is 0 Å². The van der Waals surface area contributed by atoms with Crippen LogP contribution >= 0.6 is 0 Å².